The van der Waals surface area contributed by atoms with Crippen LogP contribution in [-0.2, 0) is 16.0 Å². The molecule has 1 aliphatic heterocycles. The number of rotatable bonds is 6. The van der Waals surface area contributed by atoms with E-state index in [2.05, 4.69) is 32.9 Å². The standard InChI is InChI=1S/C23H24ClN3O2/c1-29-23(28)10-8-17-7-9-19(20(24)15-17)22-6-4-12-26(22)14-11-18-16-25-27-13-3-2-5-21(18)27/h2-3,5,7-10,13,15-16,22H,4,6,11-12,14H2,1H3/b10-8+. The van der Waals surface area contributed by atoms with E-state index in [0.29, 0.717) is 6.04 Å². The summed E-state index contributed by atoms with van der Waals surface area (Å²) in [6.07, 6.45) is 10.3. The highest BCUT2D eigenvalue weighted by Crippen LogP contribution is 2.36. The van der Waals surface area contributed by atoms with Gasteiger partial charge in [-0.25, -0.2) is 9.31 Å². The Morgan fingerprint density at radius 2 is 2.24 bits per heavy atom. The van der Waals surface area contributed by atoms with E-state index in [9.17, 15) is 4.79 Å². The van der Waals surface area contributed by atoms with Crippen LogP contribution in [-0.4, -0.2) is 40.7 Å². The molecule has 1 fully saturated rings. The average molecular weight is 410 g/mol. The molecule has 0 aliphatic carbocycles. The number of benzene rings is 1. The van der Waals surface area contributed by atoms with Crippen LogP contribution in [0.2, 0.25) is 5.02 Å². The minimum absolute atomic E-state index is 0.322. The molecule has 0 N–H and O–H groups in total. The van der Waals surface area contributed by atoms with Crippen LogP contribution in [0.3, 0.4) is 0 Å². The minimum atomic E-state index is -0.375. The zero-order valence-corrected chi connectivity index (χ0v) is 17.2. The van der Waals surface area contributed by atoms with Crippen molar-refractivity contribution >= 4 is 29.2 Å². The first-order valence-corrected chi connectivity index (χ1v) is 10.2. The molecule has 5 nitrogen and oxygen atoms in total. The molecule has 0 amide bonds. The van der Waals surface area contributed by atoms with Gasteiger partial charge >= 0.3 is 5.97 Å². The zero-order valence-electron chi connectivity index (χ0n) is 16.4. The van der Waals surface area contributed by atoms with Crippen LogP contribution < -0.4 is 0 Å². The Kier molecular flexibility index (Phi) is 5.97. The lowest BCUT2D eigenvalue weighted by Crippen LogP contribution is -2.26. The third-order valence-electron chi connectivity index (χ3n) is 5.53. The van der Waals surface area contributed by atoms with Gasteiger partial charge in [0.2, 0.25) is 0 Å². The molecule has 3 heterocycles. The predicted molar refractivity (Wildman–Crippen MR) is 115 cm³/mol. The number of hydrogen-bond donors (Lipinski definition) is 0. The molecule has 1 atom stereocenters. The maximum absolute atomic E-state index is 11.3. The Morgan fingerprint density at radius 1 is 1.34 bits per heavy atom. The van der Waals surface area contributed by atoms with Gasteiger partial charge in [0.1, 0.15) is 0 Å². The third kappa shape index (κ3) is 4.36. The fourth-order valence-electron chi connectivity index (χ4n) is 4.04. The van der Waals surface area contributed by atoms with E-state index in [0.717, 1.165) is 42.1 Å². The molecular weight excluding hydrogens is 386 g/mol. The average Bonchev–Trinajstić information content (AvgIpc) is 3.37. The molecular formula is C23H24ClN3O2. The van der Waals surface area contributed by atoms with Crippen molar-refractivity contribution in [3.05, 3.63) is 76.6 Å². The topological polar surface area (TPSA) is 46.8 Å². The van der Waals surface area contributed by atoms with Crippen molar-refractivity contribution in [1.29, 1.82) is 0 Å². The van der Waals surface area contributed by atoms with E-state index < -0.39 is 0 Å². The molecule has 150 valence electrons. The molecule has 0 spiro atoms. The maximum Gasteiger partial charge on any atom is 0.330 e. The summed E-state index contributed by atoms with van der Waals surface area (Å²) in [5, 5.41) is 5.18. The van der Waals surface area contributed by atoms with Crippen LogP contribution in [0.25, 0.3) is 11.6 Å². The first-order chi connectivity index (χ1) is 14.2. The summed E-state index contributed by atoms with van der Waals surface area (Å²) in [5.74, 6) is -0.375. The number of carbonyl (C=O) groups is 1. The Morgan fingerprint density at radius 3 is 3.07 bits per heavy atom. The van der Waals surface area contributed by atoms with Crippen molar-refractivity contribution in [3.63, 3.8) is 0 Å². The van der Waals surface area contributed by atoms with Crippen LogP contribution in [0, 0.1) is 0 Å². The normalized spacial score (nSPS) is 17.4. The van der Waals surface area contributed by atoms with Gasteiger partial charge in [0.15, 0.2) is 0 Å². The van der Waals surface area contributed by atoms with Gasteiger partial charge in [-0.3, -0.25) is 4.90 Å². The summed E-state index contributed by atoms with van der Waals surface area (Å²) in [6.45, 7) is 2.05. The van der Waals surface area contributed by atoms with E-state index >= 15 is 0 Å². The molecule has 1 aliphatic rings. The van der Waals surface area contributed by atoms with Crippen molar-refractivity contribution in [1.82, 2.24) is 14.5 Å². The third-order valence-corrected chi connectivity index (χ3v) is 5.86. The highest BCUT2D eigenvalue weighted by Gasteiger charge is 2.27. The number of halogens is 1. The van der Waals surface area contributed by atoms with Gasteiger partial charge in [-0.05, 0) is 66.8 Å². The SMILES string of the molecule is COC(=O)/C=C/c1ccc(C2CCCN2CCc2cnn3ccccc23)c(Cl)c1. The van der Waals surface area contributed by atoms with Gasteiger partial charge in [0, 0.05) is 29.9 Å². The number of hydrogen-bond acceptors (Lipinski definition) is 4. The Labute approximate surface area is 175 Å². The van der Waals surface area contributed by atoms with E-state index in [1.165, 1.54) is 30.7 Å². The summed E-state index contributed by atoms with van der Waals surface area (Å²) < 4.78 is 6.56. The van der Waals surface area contributed by atoms with Crippen molar-refractivity contribution in [2.75, 3.05) is 20.2 Å². The number of ether oxygens (including phenoxy) is 1. The van der Waals surface area contributed by atoms with Gasteiger partial charge in [-0.15, -0.1) is 0 Å². The summed E-state index contributed by atoms with van der Waals surface area (Å²) in [6, 6.07) is 12.5. The fourth-order valence-corrected chi connectivity index (χ4v) is 4.35. The lowest BCUT2D eigenvalue weighted by Gasteiger charge is -2.25. The van der Waals surface area contributed by atoms with Crippen molar-refractivity contribution in [3.8, 4) is 0 Å². The number of methoxy groups -OCH3 is 1. The van der Waals surface area contributed by atoms with Gasteiger partial charge < -0.3 is 4.74 Å². The molecule has 0 saturated carbocycles. The molecule has 4 rings (SSSR count). The lowest BCUT2D eigenvalue weighted by atomic mass is 10.0. The predicted octanol–water partition coefficient (Wildman–Crippen LogP) is 4.55. The second-order valence-electron chi connectivity index (χ2n) is 7.28. The van der Waals surface area contributed by atoms with Gasteiger partial charge in [0.25, 0.3) is 0 Å². The van der Waals surface area contributed by atoms with E-state index in [4.69, 9.17) is 11.6 Å². The lowest BCUT2D eigenvalue weighted by molar-refractivity contribution is -0.134. The molecule has 6 heteroatoms. The number of likely N-dealkylation sites (tertiary alicyclic amines) is 1. The molecule has 29 heavy (non-hydrogen) atoms. The molecule has 0 radical (unpaired) electrons. The molecule has 1 unspecified atom stereocenters. The largest absolute Gasteiger partial charge is 0.466 e. The monoisotopic (exact) mass is 409 g/mol. The van der Waals surface area contributed by atoms with E-state index in [1.807, 2.05) is 35.1 Å². The van der Waals surface area contributed by atoms with E-state index in [1.54, 1.807) is 6.08 Å². The second kappa shape index (κ2) is 8.80. The Bertz CT molecular complexity index is 1040. The second-order valence-corrected chi connectivity index (χ2v) is 7.69. The maximum atomic E-state index is 11.3. The number of carbonyl (C=O) groups excluding carboxylic acids is 1. The Hall–Kier alpha value is -2.63. The van der Waals surface area contributed by atoms with E-state index in [-0.39, 0.29) is 5.97 Å². The summed E-state index contributed by atoms with van der Waals surface area (Å²) >= 11 is 6.61. The number of esters is 1. The first-order valence-electron chi connectivity index (χ1n) is 9.86. The fraction of sp³-hybridized carbons (Fsp3) is 0.304. The highest BCUT2D eigenvalue weighted by molar-refractivity contribution is 6.31. The molecule has 0 bridgehead atoms. The highest BCUT2D eigenvalue weighted by atomic mass is 35.5. The van der Waals surface area contributed by atoms with Crippen LogP contribution >= 0.6 is 11.6 Å². The number of nitrogens with zero attached hydrogens (tertiary/aromatic N) is 3. The molecule has 2 aromatic heterocycles. The number of pyridine rings is 1. The van der Waals surface area contributed by atoms with Gasteiger partial charge in [-0.2, -0.15) is 5.10 Å². The van der Waals surface area contributed by atoms with Crippen molar-refractivity contribution in [2.24, 2.45) is 0 Å². The smallest absolute Gasteiger partial charge is 0.330 e. The zero-order chi connectivity index (χ0) is 20.2. The van der Waals surface area contributed by atoms with Gasteiger partial charge in [-0.1, -0.05) is 29.8 Å². The summed E-state index contributed by atoms with van der Waals surface area (Å²) in [7, 11) is 1.37. The minimum Gasteiger partial charge on any atom is -0.466 e. The van der Waals surface area contributed by atoms with Gasteiger partial charge in [0.05, 0.1) is 18.8 Å². The molecule has 1 saturated heterocycles. The van der Waals surface area contributed by atoms with Crippen LogP contribution in [0.1, 0.15) is 35.6 Å². The molecule has 1 aromatic carbocycles. The number of fused-ring (bicyclic) bond motifs is 1. The summed E-state index contributed by atoms with van der Waals surface area (Å²) in [4.78, 5) is 13.8. The van der Waals surface area contributed by atoms with Crippen LogP contribution in [0.5, 0.6) is 0 Å². The van der Waals surface area contributed by atoms with Crippen molar-refractivity contribution < 1.29 is 9.53 Å². The summed E-state index contributed by atoms with van der Waals surface area (Å²) in [5.41, 5.74) is 4.48. The molecule has 3 aromatic rings. The van der Waals surface area contributed by atoms with Crippen LogP contribution in [0.4, 0.5) is 0 Å². The first kappa shape index (κ1) is 19.7. The Balaban J connectivity index is 1.46. The quantitative estimate of drug-likeness (QED) is 0.442. The van der Waals surface area contributed by atoms with Crippen LogP contribution in [0.15, 0.2) is 54.9 Å². The number of aromatic nitrogens is 2. The van der Waals surface area contributed by atoms with Crippen molar-refractivity contribution in [2.45, 2.75) is 25.3 Å².